The number of rotatable bonds is 3. The minimum atomic E-state index is 0.746. The molecular formula is C14H18N4. The lowest BCUT2D eigenvalue weighted by Crippen LogP contribution is -2.03. The van der Waals surface area contributed by atoms with Gasteiger partial charge < -0.3 is 10.6 Å². The molecule has 0 radical (unpaired) electrons. The van der Waals surface area contributed by atoms with Crippen LogP contribution in [-0.4, -0.2) is 17.0 Å². The number of para-hydroxylation sites is 1. The average Bonchev–Trinajstić information content (AvgIpc) is 2.33. The average molecular weight is 242 g/mol. The molecule has 1 aromatic heterocycles. The van der Waals surface area contributed by atoms with E-state index in [-0.39, 0.29) is 0 Å². The van der Waals surface area contributed by atoms with E-state index in [1.165, 1.54) is 11.1 Å². The summed E-state index contributed by atoms with van der Waals surface area (Å²) in [5, 5.41) is 6.40. The van der Waals surface area contributed by atoms with Gasteiger partial charge in [-0.25, -0.2) is 9.97 Å². The van der Waals surface area contributed by atoms with Crippen molar-refractivity contribution in [3.8, 4) is 0 Å². The van der Waals surface area contributed by atoms with Crippen molar-refractivity contribution < 1.29 is 0 Å². The van der Waals surface area contributed by atoms with E-state index in [1.807, 2.05) is 20.0 Å². The SMILES string of the molecule is CNc1cc(Nc2c(C)cccc2C)nc(C)n1. The molecule has 0 bridgehead atoms. The summed E-state index contributed by atoms with van der Waals surface area (Å²) in [4.78, 5) is 8.67. The van der Waals surface area contributed by atoms with Crippen molar-refractivity contribution >= 4 is 17.3 Å². The molecule has 0 fully saturated rings. The van der Waals surface area contributed by atoms with E-state index >= 15 is 0 Å². The summed E-state index contributed by atoms with van der Waals surface area (Å²) < 4.78 is 0. The third kappa shape index (κ3) is 2.59. The summed E-state index contributed by atoms with van der Waals surface area (Å²) in [6, 6.07) is 8.13. The summed E-state index contributed by atoms with van der Waals surface area (Å²) in [5.74, 6) is 2.37. The first-order valence-corrected chi connectivity index (χ1v) is 5.97. The van der Waals surface area contributed by atoms with Gasteiger partial charge in [-0.1, -0.05) is 18.2 Å². The van der Waals surface area contributed by atoms with Gasteiger partial charge in [0.05, 0.1) is 0 Å². The van der Waals surface area contributed by atoms with Crippen molar-refractivity contribution in [2.24, 2.45) is 0 Å². The molecule has 0 saturated carbocycles. The summed E-state index contributed by atoms with van der Waals surface area (Å²) in [5.41, 5.74) is 3.52. The largest absolute Gasteiger partial charge is 0.373 e. The van der Waals surface area contributed by atoms with Crippen LogP contribution < -0.4 is 10.6 Å². The first-order valence-electron chi connectivity index (χ1n) is 5.97. The molecule has 4 nitrogen and oxygen atoms in total. The zero-order valence-corrected chi connectivity index (χ0v) is 11.2. The highest BCUT2D eigenvalue weighted by Gasteiger charge is 2.05. The normalized spacial score (nSPS) is 10.2. The van der Waals surface area contributed by atoms with Gasteiger partial charge >= 0.3 is 0 Å². The second-order valence-corrected chi connectivity index (χ2v) is 4.33. The Hall–Kier alpha value is -2.10. The number of benzene rings is 1. The zero-order chi connectivity index (χ0) is 13.1. The van der Waals surface area contributed by atoms with E-state index in [4.69, 9.17) is 0 Å². The number of aryl methyl sites for hydroxylation is 3. The van der Waals surface area contributed by atoms with Crippen LogP contribution in [0.2, 0.25) is 0 Å². The van der Waals surface area contributed by atoms with Gasteiger partial charge in [-0.15, -0.1) is 0 Å². The highest BCUT2D eigenvalue weighted by molar-refractivity contribution is 5.65. The van der Waals surface area contributed by atoms with Crippen molar-refractivity contribution in [1.29, 1.82) is 0 Å². The number of anilines is 3. The molecule has 2 rings (SSSR count). The first kappa shape index (κ1) is 12.4. The maximum Gasteiger partial charge on any atom is 0.136 e. The maximum absolute atomic E-state index is 4.40. The Morgan fingerprint density at radius 2 is 1.56 bits per heavy atom. The fraction of sp³-hybridized carbons (Fsp3) is 0.286. The monoisotopic (exact) mass is 242 g/mol. The molecule has 0 aliphatic carbocycles. The Bertz CT molecular complexity index is 543. The smallest absolute Gasteiger partial charge is 0.136 e. The van der Waals surface area contributed by atoms with Gasteiger partial charge in [-0.3, -0.25) is 0 Å². The van der Waals surface area contributed by atoms with E-state index in [0.717, 1.165) is 23.1 Å². The van der Waals surface area contributed by atoms with Gasteiger partial charge in [-0.2, -0.15) is 0 Å². The van der Waals surface area contributed by atoms with Gasteiger partial charge in [-0.05, 0) is 31.9 Å². The Balaban J connectivity index is 2.37. The first-order chi connectivity index (χ1) is 8.60. The maximum atomic E-state index is 4.40. The highest BCUT2D eigenvalue weighted by Crippen LogP contribution is 2.24. The van der Waals surface area contributed by atoms with Crippen molar-refractivity contribution in [2.75, 3.05) is 17.7 Å². The predicted molar refractivity (Wildman–Crippen MR) is 75.5 cm³/mol. The summed E-state index contributed by atoms with van der Waals surface area (Å²) >= 11 is 0. The van der Waals surface area contributed by atoms with E-state index in [9.17, 15) is 0 Å². The summed E-state index contributed by atoms with van der Waals surface area (Å²) in [7, 11) is 1.85. The van der Waals surface area contributed by atoms with Crippen LogP contribution in [0.5, 0.6) is 0 Å². The van der Waals surface area contributed by atoms with Gasteiger partial charge in [0.15, 0.2) is 0 Å². The molecule has 0 aliphatic rings. The van der Waals surface area contributed by atoms with Crippen molar-refractivity contribution in [3.05, 3.63) is 41.2 Å². The number of nitrogens with one attached hydrogen (secondary N) is 2. The molecule has 0 aliphatic heterocycles. The fourth-order valence-corrected chi connectivity index (χ4v) is 1.90. The molecule has 0 unspecified atom stereocenters. The molecule has 2 N–H and O–H groups in total. The van der Waals surface area contributed by atoms with Crippen molar-refractivity contribution in [1.82, 2.24) is 9.97 Å². The predicted octanol–water partition coefficient (Wildman–Crippen LogP) is 3.19. The summed E-state index contributed by atoms with van der Waals surface area (Å²) in [6.45, 7) is 6.06. The Morgan fingerprint density at radius 3 is 2.17 bits per heavy atom. The second kappa shape index (κ2) is 5.04. The minimum Gasteiger partial charge on any atom is -0.373 e. The van der Waals surface area contributed by atoms with Crippen molar-refractivity contribution in [2.45, 2.75) is 20.8 Å². The second-order valence-electron chi connectivity index (χ2n) is 4.33. The molecule has 0 amide bonds. The van der Waals surface area contributed by atoms with Crippen LogP contribution in [0.3, 0.4) is 0 Å². The molecule has 2 aromatic rings. The molecule has 0 saturated heterocycles. The van der Waals surface area contributed by atoms with E-state index in [2.05, 4.69) is 52.6 Å². The van der Waals surface area contributed by atoms with Crippen LogP contribution in [0.4, 0.5) is 17.3 Å². The van der Waals surface area contributed by atoms with Crippen LogP contribution in [0.25, 0.3) is 0 Å². The molecule has 1 heterocycles. The topological polar surface area (TPSA) is 49.8 Å². The molecule has 4 heteroatoms. The van der Waals surface area contributed by atoms with Crippen LogP contribution >= 0.6 is 0 Å². The molecule has 0 atom stereocenters. The van der Waals surface area contributed by atoms with Crippen LogP contribution in [-0.2, 0) is 0 Å². The highest BCUT2D eigenvalue weighted by atomic mass is 15.1. The molecule has 1 aromatic carbocycles. The number of aromatic nitrogens is 2. The van der Waals surface area contributed by atoms with Gasteiger partial charge in [0.2, 0.25) is 0 Å². The minimum absolute atomic E-state index is 0.746. The van der Waals surface area contributed by atoms with E-state index in [0.29, 0.717) is 0 Å². The van der Waals surface area contributed by atoms with Gasteiger partial charge in [0, 0.05) is 18.8 Å². The Labute approximate surface area is 107 Å². The van der Waals surface area contributed by atoms with E-state index in [1.54, 1.807) is 0 Å². The lowest BCUT2D eigenvalue weighted by atomic mass is 10.1. The van der Waals surface area contributed by atoms with Gasteiger partial charge in [0.25, 0.3) is 0 Å². The lowest BCUT2D eigenvalue weighted by molar-refractivity contribution is 1.05. The fourth-order valence-electron chi connectivity index (χ4n) is 1.90. The standard InChI is InChI=1S/C14H18N4/c1-9-6-5-7-10(2)14(9)18-13-8-12(15-4)16-11(3)17-13/h5-8H,1-4H3,(H2,15,16,17,18). The van der Waals surface area contributed by atoms with Crippen LogP contribution in [0.1, 0.15) is 17.0 Å². The summed E-state index contributed by atoms with van der Waals surface area (Å²) in [6.07, 6.45) is 0. The molecule has 18 heavy (non-hydrogen) atoms. The number of hydrogen-bond donors (Lipinski definition) is 2. The lowest BCUT2D eigenvalue weighted by Gasteiger charge is -2.13. The third-order valence-corrected chi connectivity index (χ3v) is 2.83. The van der Waals surface area contributed by atoms with Crippen LogP contribution in [0, 0.1) is 20.8 Å². The quantitative estimate of drug-likeness (QED) is 0.868. The molecule has 0 spiro atoms. The zero-order valence-electron chi connectivity index (χ0n) is 11.2. The molecule has 94 valence electrons. The molecular weight excluding hydrogens is 224 g/mol. The van der Waals surface area contributed by atoms with Gasteiger partial charge in [0.1, 0.15) is 17.5 Å². The van der Waals surface area contributed by atoms with Crippen molar-refractivity contribution in [3.63, 3.8) is 0 Å². The Kier molecular flexibility index (Phi) is 3.46. The Morgan fingerprint density at radius 1 is 0.944 bits per heavy atom. The number of nitrogens with zero attached hydrogens (tertiary/aromatic N) is 2. The van der Waals surface area contributed by atoms with E-state index < -0.39 is 0 Å². The number of hydrogen-bond acceptors (Lipinski definition) is 4. The third-order valence-electron chi connectivity index (χ3n) is 2.83. The van der Waals surface area contributed by atoms with Crippen LogP contribution in [0.15, 0.2) is 24.3 Å².